The molecule has 0 unspecified atom stereocenters. The number of amides is 1. The second-order valence-corrected chi connectivity index (χ2v) is 5.94. The third-order valence-corrected chi connectivity index (χ3v) is 3.97. The second kappa shape index (κ2) is 7.22. The number of hydrogen-bond acceptors (Lipinski definition) is 4. The van der Waals surface area contributed by atoms with E-state index in [1.807, 2.05) is 0 Å². The maximum absolute atomic E-state index is 12.6. The number of aryl methyl sites for hydroxylation is 1. The molecule has 0 atom stereocenters. The van der Waals surface area contributed by atoms with Crippen LogP contribution in [0.2, 0.25) is 0 Å². The molecule has 0 aliphatic carbocycles. The summed E-state index contributed by atoms with van der Waals surface area (Å²) in [6, 6.07) is 7.83. The van der Waals surface area contributed by atoms with E-state index in [-0.39, 0.29) is 25.2 Å². The van der Waals surface area contributed by atoms with Crippen molar-refractivity contribution >= 4 is 16.7 Å². The number of nitrogens with zero attached hydrogens (tertiary/aromatic N) is 4. The summed E-state index contributed by atoms with van der Waals surface area (Å²) in [7, 11) is 0. The third-order valence-electron chi connectivity index (χ3n) is 3.97. The average molecular weight is 379 g/mol. The van der Waals surface area contributed by atoms with Crippen molar-refractivity contribution in [1.82, 2.24) is 24.9 Å². The maximum Gasteiger partial charge on any atom is 0.435 e. The lowest BCUT2D eigenvalue weighted by atomic mass is 10.2. The van der Waals surface area contributed by atoms with E-state index in [0.29, 0.717) is 16.5 Å². The largest absolute Gasteiger partial charge is 0.435 e. The smallest absolute Gasteiger partial charge is 0.353 e. The Kier molecular flexibility index (Phi) is 4.98. The zero-order valence-electron chi connectivity index (χ0n) is 14.3. The van der Waals surface area contributed by atoms with Crippen molar-refractivity contribution in [2.75, 3.05) is 6.54 Å². The van der Waals surface area contributed by atoms with Crippen LogP contribution in [0, 0.1) is 6.92 Å². The van der Waals surface area contributed by atoms with Crippen LogP contribution in [0.3, 0.4) is 0 Å². The number of aromatic nitrogens is 4. The first-order valence-corrected chi connectivity index (χ1v) is 8.09. The topological polar surface area (TPSA) is 81.8 Å². The summed E-state index contributed by atoms with van der Waals surface area (Å²) in [6.45, 7) is 1.37. The Hall–Kier alpha value is -3.17. The van der Waals surface area contributed by atoms with Crippen molar-refractivity contribution in [2.24, 2.45) is 0 Å². The second-order valence-electron chi connectivity index (χ2n) is 5.94. The van der Waals surface area contributed by atoms with E-state index in [2.05, 4.69) is 15.5 Å². The fourth-order valence-corrected chi connectivity index (χ4v) is 2.61. The molecule has 0 aliphatic heterocycles. The number of fused-ring (bicyclic) bond motifs is 1. The minimum Gasteiger partial charge on any atom is -0.353 e. The molecule has 0 radical (unpaired) electrons. The van der Waals surface area contributed by atoms with Gasteiger partial charge in [-0.3, -0.25) is 14.3 Å². The Labute approximate surface area is 151 Å². The lowest BCUT2D eigenvalue weighted by Crippen LogP contribution is -2.35. The first-order valence-electron chi connectivity index (χ1n) is 8.09. The minimum atomic E-state index is -4.51. The molecule has 0 aliphatic rings. The van der Waals surface area contributed by atoms with Gasteiger partial charge in [-0.25, -0.2) is 4.68 Å². The maximum atomic E-state index is 12.6. The summed E-state index contributed by atoms with van der Waals surface area (Å²) in [6.07, 6.45) is -3.02. The Morgan fingerprint density at radius 3 is 2.67 bits per heavy atom. The van der Waals surface area contributed by atoms with Crippen molar-refractivity contribution in [2.45, 2.75) is 26.2 Å². The average Bonchev–Trinajstić information content (AvgIpc) is 2.99. The van der Waals surface area contributed by atoms with Crippen LogP contribution in [0.25, 0.3) is 10.8 Å². The molecule has 1 N–H and O–H groups in total. The van der Waals surface area contributed by atoms with E-state index >= 15 is 0 Å². The van der Waals surface area contributed by atoms with E-state index in [1.54, 1.807) is 24.3 Å². The summed E-state index contributed by atoms with van der Waals surface area (Å²) in [4.78, 5) is 24.3. The van der Waals surface area contributed by atoms with Gasteiger partial charge in [0, 0.05) is 17.6 Å². The lowest BCUT2D eigenvalue weighted by Gasteiger charge is -2.08. The summed E-state index contributed by atoms with van der Waals surface area (Å²) >= 11 is 0. The molecular weight excluding hydrogens is 363 g/mol. The van der Waals surface area contributed by atoms with Gasteiger partial charge in [-0.05, 0) is 19.1 Å². The predicted molar refractivity (Wildman–Crippen MR) is 91.0 cm³/mol. The number of carbonyl (C=O) groups excluding carboxylic acids is 1. The molecule has 3 aromatic rings. The Balaban J connectivity index is 1.60. The van der Waals surface area contributed by atoms with Crippen LogP contribution in [0.1, 0.15) is 11.4 Å². The lowest BCUT2D eigenvalue weighted by molar-refractivity contribution is -0.141. The van der Waals surface area contributed by atoms with Crippen LogP contribution >= 0.6 is 0 Å². The molecule has 1 amide bonds. The number of nitrogens with one attached hydrogen (secondary N) is 1. The van der Waals surface area contributed by atoms with Crippen molar-refractivity contribution in [3.63, 3.8) is 0 Å². The molecule has 3 rings (SSSR count). The van der Waals surface area contributed by atoms with Gasteiger partial charge in [0.1, 0.15) is 6.54 Å². The Bertz CT molecular complexity index is 1040. The molecule has 1 aromatic carbocycles. The zero-order chi connectivity index (χ0) is 19.6. The summed E-state index contributed by atoms with van der Waals surface area (Å²) in [5, 5.41) is 11.1. The normalized spacial score (nSPS) is 11.7. The molecule has 2 aromatic heterocycles. The fraction of sp³-hybridized carbons (Fsp3) is 0.294. The van der Waals surface area contributed by atoms with E-state index in [9.17, 15) is 22.8 Å². The molecule has 142 valence electrons. The van der Waals surface area contributed by atoms with Crippen LogP contribution in [0.15, 0.2) is 41.3 Å². The molecule has 10 heteroatoms. The van der Waals surface area contributed by atoms with E-state index in [4.69, 9.17) is 0 Å². The quantitative estimate of drug-likeness (QED) is 0.732. The fourth-order valence-electron chi connectivity index (χ4n) is 2.61. The first-order chi connectivity index (χ1) is 12.8. The molecule has 7 nitrogen and oxygen atoms in total. The molecule has 0 fully saturated rings. The number of carbonyl (C=O) groups is 1. The van der Waals surface area contributed by atoms with Gasteiger partial charge in [0.05, 0.1) is 18.1 Å². The van der Waals surface area contributed by atoms with Crippen molar-refractivity contribution in [3.8, 4) is 0 Å². The van der Waals surface area contributed by atoms with Crippen molar-refractivity contribution in [3.05, 3.63) is 58.3 Å². The van der Waals surface area contributed by atoms with E-state index in [0.717, 1.165) is 10.7 Å². The minimum absolute atomic E-state index is 0.0704. The number of rotatable bonds is 5. The molecule has 0 bridgehead atoms. The van der Waals surface area contributed by atoms with Crippen LogP contribution in [0.5, 0.6) is 0 Å². The van der Waals surface area contributed by atoms with Gasteiger partial charge in [-0.15, -0.1) is 0 Å². The van der Waals surface area contributed by atoms with Crippen LogP contribution < -0.4 is 10.9 Å². The van der Waals surface area contributed by atoms with E-state index < -0.39 is 17.8 Å². The monoisotopic (exact) mass is 379 g/mol. The van der Waals surface area contributed by atoms with Crippen molar-refractivity contribution < 1.29 is 18.0 Å². The van der Waals surface area contributed by atoms with Gasteiger partial charge in [0.15, 0.2) is 5.69 Å². The van der Waals surface area contributed by atoms with Gasteiger partial charge in [0.2, 0.25) is 5.91 Å². The van der Waals surface area contributed by atoms with Gasteiger partial charge in [0.25, 0.3) is 5.56 Å². The highest BCUT2D eigenvalue weighted by atomic mass is 19.4. The Morgan fingerprint density at radius 2 is 1.96 bits per heavy atom. The number of benzene rings is 1. The van der Waals surface area contributed by atoms with Gasteiger partial charge in [-0.1, -0.05) is 18.2 Å². The van der Waals surface area contributed by atoms with Gasteiger partial charge in [-0.2, -0.15) is 23.4 Å². The zero-order valence-corrected chi connectivity index (χ0v) is 14.3. The highest BCUT2D eigenvalue weighted by Crippen LogP contribution is 2.28. The summed E-state index contributed by atoms with van der Waals surface area (Å²) < 4.78 is 40.1. The van der Waals surface area contributed by atoms with Crippen LogP contribution in [-0.2, 0) is 24.1 Å². The van der Waals surface area contributed by atoms with Gasteiger partial charge >= 0.3 is 6.18 Å². The molecule has 0 spiro atoms. The number of halogens is 3. The number of hydrogen-bond donors (Lipinski definition) is 1. The standard InChI is InChI=1S/C17H16F3N5O2/c1-11-8-14(17(18,19)20)23-24(11)7-6-21-15(26)10-25-16(27)13-5-3-2-4-12(13)9-22-25/h2-5,8-9H,6-7,10H2,1H3,(H,21,26). The Morgan fingerprint density at radius 1 is 1.22 bits per heavy atom. The summed E-state index contributed by atoms with van der Waals surface area (Å²) in [5.41, 5.74) is -1.02. The third kappa shape index (κ3) is 4.15. The van der Waals surface area contributed by atoms with Crippen molar-refractivity contribution in [1.29, 1.82) is 0 Å². The highest BCUT2D eigenvalue weighted by molar-refractivity contribution is 5.81. The molecule has 27 heavy (non-hydrogen) atoms. The van der Waals surface area contributed by atoms with E-state index in [1.165, 1.54) is 17.8 Å². The predicted octanol–water partition coefficient (Wildman–Crippen LogP) is 1.74. The molecule has 2 heterocycles. The summed E-state index contributed by atoms with van der Waals surface area (Å²) in [5.74, 6) is -0.472. The SMILES string of the molecule is Cc1cc(C(F)(F)F)nn1CCNC(=O)Cn1ncc2ccccc2c1=O. The molecule has 0 saturated heterocycles. The van der Waals surface area contributed by atoms with Gasteiger partial charge < -0.3 is 5.32 Å². The highest BCUT2D eigenvalue weighted by Gasteiger charge is 2.34. The molecular formula is C17H16F3N5O2. The van der Waals surface area contributed by atoms with Crippen LogP contribution in [0.4, 0.5) is 13.2 Å². The number of alkyl halides is 3. The molecule has 0 saturated carbocycles. The van der Waals surface area contributed by atoms with Crippen LogP contribution in [-0.4, -0.2) is 32.0 Å². The first kappa shape index (κ1) is 18.6.